The Kier molecular flexibility index (Phi) is 4.56. The Morgan fingerprint density at radius 1 is 1.00 bits per heavy atom. The summed E-state index contributed by atoms with van der Waals surface area (Å²) in [5.74, 6) is 0. The zero-order chi connectivity index (χ0) is 17.2. The number of hydrogen-bond donors (Lipinski definition) is 0. The number of benzene rings is 2. The minimum Gasteiger partial charge on any atom is -0.369 e. The predicted octanol–water partition coefficient (Wildman–Crippen LogP) is 2.38. The molecular weight excluding hydrogens is 322 g/mol. The van der Waals surface area contributed by atoms with Crippen LogP contribution < -0.4 is 4.90 Å². The van der Waals surface area contributed by atoms with Gasteiger partial charge in [0.25, 0.3) is 0 Å². The number of piperazine rings is 1. The molecule has 5 nitrogen and oxygen atoms in total. The third kappa shape index (κ3) is 3.14. The fraction of sp³-hybridized carbons (Fsp3) is 0.278. The summed E-state index contributed by atoms with van der Waals surface area (Å²) in [6.45, 7) is 3.91. The quantitative estimate of drug-likeness (QED) is 0.860. The van der Waals surface area contributed by atoms with Crippen LogP contribution in [0.4, 0.5) is 5.69 Å². The molecular formula is C18H19N3O2S. The molecule has 6 heteroatoms. The highest BCUT2D eigenvalue weighted by Crippen LogP contribution is 2.23. The van der Waals surface area contributed by atoms with Gasteiger partial charge in [0.1, 0.15) is 0 Å². The van der Waals surface area contributed by atoms with Crippen molar-refractivity contribution in [3.63, 3.8) is 0 Å². The van der Waals surface area contributed by atoms with Crippen LogP contribution in [0.15, 0.2) is 53.4 Å². The number of rotatable bonds is 3. The summed E-state index contributed by atoms with van der Waals surface area (Å²) in [4.78, 5) is 2.50. The second-order valence-electron chi connectivity index (χ2n) is 5.82. The Bertz CT molecular complexity index is 879. The Morgan fingerprint density at radius 3 is 2.38 bits per heavy atom. The lowest BCUT2D eigenvalue weighted by molar-refractivity contribution is 0.384. The monoisotopic (exact) mass is 341 g/mol. The fourth-order valence-corrected chi connectivity index (χ4v) is 4.59. The Morgan fingerprint density at radius 2 is 1.71 bits per heavy atom. The van der Waals surface area contributed by atoms with Crippen molar-refractivity contribution in [2.24, 2.45) is 0 Å². The normalized spacial score (nSPS) is 15.9. The Hall–Kier alpha value is -2.36. The van der Waals surface area contributed by atoms with E-state index in [0.29, 0.717) is 36.6 Å². The van der Waals surface area contributed by atoms with Crippen LogP contribution in [0.25, 0.3) is 0 Å². The summed E-state index contributed by atoms with van der Waals surface area (Å²) in [5.41, 5.74) is 2.34. The molecule has 0 atom stereocenters. The highest BCUT2D eigenvalue weighted by molar-refractivity contribution is 7.89. The molecule has 0 amide bonds. The van der Waals surface area contributed by atoms with Crippen LogP contribution >= 0.6 is 0 Å². The summed E-state index contributed by atoms with van der Waals surface area (Å²) in [7, 11) is -3.46. The van der Waals surface area contributed by atoms with Crippen molar-refractivity contribution in [2.45, 2.75) is 11.8 Å². The van der Waals surface area contributed by atoms with Crippen molar-refractivity contribution in [1.82, 2.24) is 4.31 Å². The molecule has 1 aliphatic rings. The smallest absolute Gasteiger partial charge is 0.243 e. The van der Waals surface area contributed by atoms with Gasteiger partial charge in [0.15, 0.2) is 0 Å². The van der Waals surface area contributed by atoms with Crippen molar-refractivity contribution in [1.29, 1.82) is 5.26 Å². The van der Waals surface area contributed by atoms with Crippen molar-refractivity contribution in [2.75, 3.05) is 31.1 Å². The van der Waals surface area contributed by atoms with Crippen molar-refractivity contribution in [3.05, 3.63) is 59.7 Å². The van der Waals surface area contributed by atoms with Gasteiger partial charge >= 0.3 is 0 Å². The molecule has 1 fully saturated rings. The summed E-state index contributed by atoms with van der Waals surface area (Å²) in [6, 6.07) is 16.6. The standard InChI is InChI=1S/C18H19N3O2S/c1-15-5-2-3-8-18(15)24(22,23)21-11-9-20(10-12-21)17-7-4-6-16(13-17)14-19/h2-8,13H,9-12H2,1H3. The molecule has 3 rings (SSSR count). The van der Waals surface area contributed by atoms with Gasteiger partial charge in [-0.2, -0.15) is 9.57 Å². The van der Waals surface area contributed by atoms with Gasteiger partial charge in [0.05, 0.1) is 16.5 Å². The molecule has 24 heavy (non-hydrogen) atoms. The lowest BCUT2D eigenvalue weighted by Gasteiger charge is -2.35. The number of hydrogen-bond acceptors (Lipinski definition) is 4. The van der Waals surface area contributed by atoms with Gasteiger partial charge in [-0.15, -0.1) is 0 Å². The van der Waals surface area contributed by atoms with Crippen molar-refractivity contribution < 1.29 is 8.42 Å². The van der Waals surface area contributed by atoms with E-state index in [2.05, 4.69) is 11.0 Å². The van der Waals surface area contributed by atoms with Crippen LogP contribution in [-0.2, 0) is 10.0 Å². The topological polar surface area (TPSA) is 64.4 Å². The molecule has 1 heterocycles. The maximum atomic E-state index is 12.8. The van der Waals surface area contributed by atoms with Crippen LogP contribution in [0.2, 0.25) is 0 Å². The molecule has 0 aromatic heterocycles. The third-order valence-electron chi connectivity index (χ3n) is 4.29. The molecule has 2 aromatic carbocycles. The first-order valence-electron chi connectivity index (χ1n) is 7.83. The molecule has 1 saturated heterocycles. The average Bonchev–Trinajstić information content (AvgIpc) is 2.62. The number of aryl methyl sites for hydroxylation is 1. The minimum atomic E-state index is -3.46. The second-order valence-corrected chi connectivity index (χ2v) is 7.73. The Balaban J connectivity index is 1.75. The molecule has 0 bridgehead atoms. The van der Waals surface area contributed by atoms with Gasteiger partial charge in [0.2, 0.25) is 10.0 Å². The molecule has 2 aromatic rings. The minimum absolute atomic E-state index is 0.380. The molecule has 0 radical (unpaired) electrons. The molecule has 0 N–H and O–H groups in total. The number of sulfonamides is 1. The number of nitriles is 1. The summed E-state index contributed by atoms with van der Waals surface area (Å²) in [6.07, 6.45) is 0. The second kappa shape index (κ2) is 6.63. The zero-order valence-corrected chi connectivity index (χ0v) is 14.3. The molecule has 0 saturated carbocycles. The van der Waals surface area contributed by atoms with E-state index in [-0.39, 0.29) is 0 Å². The van der Waals surface area contributed by atoms with Crippen LogP contribution in [0.3, 0.4) is 0 Å². The van der Waals surface area contributed by atoms with Gasteiger partial charge in [0, 0.05) is 31.9 Å². The highest BCUT2D eigenvalue weighted by Gasteiger charge is 2.29. The van der Waals surface area contributed by atoms with E-state index < -0.39 is 10.0 Å². The van der Waals surface area contributed by atoms with Gasteiger partial charge < -0.3 is 4.90 Å². The van der Waals surface area contributed by atoms with Crippen molar-refractivity contribution in [3.8, 4) is 6.07 Å². The van der Waals surface area contributed by atoms with Gasteiger partial charge in [-0.3, -0.25) is 0 Å². The van der Waals surface area contributed by atoms with E-state index in [1.54, 1.807) is 22.5 Å². The number of nitrogens with zero attached hydrogens (tertiary/aromatic N) is 3. The first-order valence-corrected chi connectivity index (χ1v) is 9.27. The van der Waals surface area contributed by atoms with Crippen LogP contribution in [-0.4, -0.2) is 38.9 Å². The van der Waals surface area contributed by atoms with Crippen molar-refractivity contribution >= 4 is 15.7 Å². The number of anilines is 1. The average molecular weight is 341 g/mol. The zero-order valence-electron chi connectivity index (χ0n) is 13.5. The fourth-order valence-electron chi connectivity index (χ4n) is 2.94. The predicted molar refractivity (Wildman–Crippen MR) is 93.3 cm³/mol. The van der Waals surface area contributed by atoms with Gasteiger partial charge in [-0.05, 0) is 36.8 Å². The van der Waals surface area contributed by atoms with Crippen LogP contribution in [0.5, 0.6) is 0 Å². The van der Waals surface area contributed by atoms with E-state index >= 15 is 0 Å². The summed E-state index contributed by atoms with van der Waals surface area (Å²) >= 11 is 0. The van der Waals surface area contributed by atoms with E-state index in [1.165, 1.54) is 0 Å². The van der Waals surface area contributed by atoms with Gasteiger partial charge in [-0.25, -0.2) is 8.42 Å². The maximum absolute atomic E-state index is 12.8. The van der Waals surface area contributed by atoms with Crippen LogP contribution in [0, 0.1) is 18.3 Å². The molecule has 0 spiro atoms. The summed E-state index contributed by atoms with van der Waals surface area (Å²) < 4.78 is 27.2. The maximum Gasteiger partial charge on any atom is 0.243 e. The molecule has 1 aliphatic heterocycles. The summed E-state index contributed by atoms with van der Waals surface area (Å²) in [5, 5.41) is 9.01. The lowest BCUT2D eigenvalue weighted by Crippen LogP contribution is -2.48. The van der Waals surface area contributed by atoms with E-state index in [4.69, 9.17) is 5.26 Å². The first kappa shape index (κ1) is 16.5. The van der Waals surface area contributed by atoms with Crippen LogP contribution in [0.1, 0.15) is 11.1 Å². The van der Waals surface area contributed by atoms with E-state index in [0.717, 1.165) is 11.3 Å². The molecule has 0 aliphatic carbocycles. The SMILES string of the molecule is Cc1ccccc1S(=O)(=O)N1CCN(c2cccc(C#N)c2)CC1. The van der Waals surface area contributed by atoms with E-state index in [1.807, 2.05) is 37.3 Å². The highest BCUT2D eigenvalue weighted by atomic mass is 32.2. The van der Waals surface area contributed by atoms with E-state index in [9.17, 15) is 8.42 Å². The lowest BCUT2D eigenvalue weighted by atomic mass is 10.2. The Labute approximate surface area is 142 Å². The molecule has 0 unspecified atom stereocenters. The third-order valence-corrected chi connectivity index (χ3v) is 6.35. The first-order chi connectivity index (χ1) is 11.5. The van der Waals surface area contributed by atoms with Gasteiger partial charge in [-0.1, -0.05) is 24.3 Å². The largest absolute Gasteiger partial charge is 0.369 e. The molecule has 124 valence electrons.